The Morgan fingerprint density at radius 3 is 2.68 bits per heavy atom. The molecule has 3 N–H and O–H groups in total. The van der Waals surface area contributed by atoms with E-state index in [1.807, 2.05) is 24.3 Å². The molecule has 116 valence electrons. The van der Waals surface area contributed by atoms with Crippen LogP contribution >= 0.6 is 0 Å². The number of ether oxygens (including phenoxy) is 1. The topological polar surface area (TPSA) is 59.6 Å². The number of aliphatic imine (C=N–C) groups is 1. The summed E-state index contributed by atoms with van der Waals surface area (Å²) in [4.78, 5) is 4.36. The summed E-state index contributed by atoms with van der Waals surface area (Å²) in [6.07, 6.45) is 0.826. The molecule has 0 aliphatic rings. The van der Waals surface area contributed by atoms with Crippen molar-refractivity contribution in [3.63, 3.8) is 0 Å². The van der Waals surface area contributed by atoms with Crippen molar-refractivity contribution in [2.24, 2.45) is 10.7 Å². The first-order chi connectivity index (χ1) is 10.6. The van der Waals surface area contributed by atoms with Crippen molar-refractivity contribution >= 4 is 11.6 Å². The summed E-state index contributed by atoms with van der Waals surface area (Å²) in [6, 6.07) is 14.1. The van der Waals surface area contributed by atoms with Gasteiger partial charge in [0.1, 0.15) is 5.75 Å². The summed E-state index contributed by atoms with van der Waals surface area (Å²) < 4.78 is 5.21. The minimum absolute atomic E-state index is 0.436. The van der Waals surface area contributed by atoms with Gasteiger partial charge in [0.2, 0.25) is 0 Å². The maximum absolute atomic E-state index is 5.93. The summed E-state index contributed by atoms with van der Waals surface area (Å²) >= 11 is 0. The first-order valence-corrected chi connectivity index (χ1v) is 7.35. The average molecular weight is 297 g/mol. The molecule has 0 fully saturated rings. The van der Waals surface area contributed by atoms with Crippen LogP contribution in [0.2, 0.25) is 0 Å². The standard InChI is InChI=1S/C18H23N3O/c1-13-7-8-16(11-14(13)2)21-18(19)20-10-9-15-5-4-6-17(12-15)22-3/h4-8,11-12H,9-10H2,1-3H3,(H3,19,20,21). The second kappa shape index (κ2) is 7.50. The van der Waals surface area contributed by atoms with Gasteiger partial charge >= 0.3 is 0 Å². The summed E-state index contributed by atoms with van der Waals surface area (Å²) in [6.45, 7) is 4.80. The highest BCUT2D eigenvalue weighted by atomic mass is 16.5. The van der Waals surface area contributed by atoms with Gasteiger partial charge in [0.15, 0.2) is 5.96 Å². The van der Waals surface area contributed by atoms with Crippen LogP contribution < -0.4 is 15.8 Å². The zero-order valence-corrected chi connectivity index (χ0v) is 13.4. The van der Waals surface area contributed by atoms with Crippen molar-refractivity contribution in [1.29, 1.82) is 0 Å². The molecule has 0 saturated carbocycles. The zero-order valence-electron chi connectivity index (χ0n) is 13.4. The molecule has 0 bridgehead atoms. The van der Waals surface area contributed by atoms with Crippen LogP contribution in [-0.4, -0.2) is 19.6 Å². The SMILES string of the molecule is COc1cccc(CCN=C(N)Nc2ccc(C)c(C)c2)c1. The first kappa shape index (κ1) is 15.9. The molecule has 0 aliphatic carbocycles. The number of hydrogen-bond donors (Lipinski definition) is 2. The monoisotopic (exact) mass is 297 g/mol. The van der Waals surface area contributed by atoms with Crippen LogP contribution in [0.5, 0.6) is 5.75 Å². The molecule has 2 aromatic rings. The van der Waals surface area contributed by atoms with Gasteiger partial charge < -0.3 is 15.8 Å². The number of nitrogens with one attached hydrogen (secondary N) is 1. The normalized spacial score (nSPS) is 11.3. The molecule has 2 aromatic carbocycles. The third kappa shape index (κ3) is 4.52. The van der Waals surface area contributed by atoms with Crippen molar-refractivity contribution < 1.29 is 4.74 Å². The predicted molar refractivity (Wildman–Crippen MR) is 92.7 cm³/mol. The second-order valence-corrected chi connectivity index (χ2v) is 5.29. The van der Waals surface area contributed by atoms with Crippen molar-refractivity contribution in [2.45, 2.75) is 20.3 Å². The molecule has 22 heavy (non-hydrogen) atoms. The maximum atomic E-state index is 5.93. The minimum atomic E-state index is 0.436. The van der Waals surface area contributed by atoms with E-state index in [1.165, 1.54) is 16.7 Å². The third-order valence-corrected chi connectivity index (χ3v) is 3.60. The number of nitrogens with two attached hydrogens (primary N) is 1. The molecule has 0 amide bonds. The van der Waals surface area contributed by atoms with E-state index < -0.39 is 0 Å². The number of nitrogens with zero attached hydrogens (tertiary/aromatic N) is 1. The highest BCUT2D eigenvalue weighted by Gasteiger charge is 1.99. The van der Waals surface area contributed by atoms with Crippen LogP contribution in [0.25, 0.3) is 0 Å². The van der Waals surface area contributed by atoms with E-state index >= 15 is 0 Å². The van der Waals surface area contributed by atoms with E-state index in [9.17, 15) is 0 Å². The van der Waals surface area contributed by atoms with Crippen LogP contribution in [0.4, 0.5) is 5.69 Å². The minimum Gasteiger partial charge on any atom is -0.497 e. The van der Waals surface area contributed by atoms with Gasteiger partial charge in [-0.15, -0.1) is 0 Å². The Labute approximate surface area is 132 Å². The van der Waals surface area contributed by atoms with Gasteiger partial charge in [-0.25, -0.2) is 0 Å². The van der Waals surface area contributed by atoms with Gasteiger partial charge in [-0.2, -0.15) is 0 Å². The molecule has 0 aromatic heterocycles. The van der Waals surface area contributed by atoms with Gasteiger partial charge in [-0.1, -0.05) is 18.2 Å². The van der Waals surface area contributed by atoms with Crippen molar-refractivity contribution in [3.8, 4) is 5.75 Å². The fourth-order valence-electron chi connectivity index (χ4n) is 2.14. The van der Waals surface area contributed by atoms with Gasteiger partial charge in [-0.05, 0) is 61.2 Å². The summed E-state index contributed by atoms with van der Waals surface area (Å²) in [5.41, 5.74) is 10.6. The Morgan fingerprint density at radius 1 is 1.14 bits per heavy atom. The number of aryl methyl sites for hydroxylation is 2. The Bertz CT molecular complexity index is 665. The number of hydrogen-bond acceptors (Lipinski definition) is 2. The predicted octanol–water partition coefficient (Wildman–Crippen LogP) is 3.28. The molecular weight excluding hydrogens is 274 g/mol. The Kier molecular flexibility index (Phi) is 5.42. The summed E-state index contributed by atoms with van der Waals surface area (Å²) in [7, 11) is 1.67. The van der Waals surface area contributed by atoms with E-state index in [-0.39, 0.29) is 0 Å². The largest absolute Gasteiger partial charge is 0.497 e. The molecule has 2 rings (SSSR count). The molecule has 0 heterocycles. The van der Waals surface area contributed by atoms with Crippen LogP contribution in [0, 0.1) is 13.8 Å². The van der Waals surface area contributed by atoms with Crippen LogP contribution in [0.15, 0.2) is 47.5 Å². The molecule has 0 radical (unpaired) electrons. The molecular formula is C18H23N3O. The van der Waals surface area contributed by atoms with Gasteiger partial charge in [0.25, 0.3) is 0 Å². The zero-order chi connectivity index (χ0) is 15.9. The lowest BCUT2D eigenvalue weighted by molar-refractivity contribution is 0.414. The lowest BCUT2D eigenvalue weighted by atomic mass is 10.1. The molecule has 0 aliphatic heterocycles. The average Bonchev–Trinajstić information content (AvgIpc) is 2.51. The number of benzene rings is 2. The number of rotatable bonds is 5. The molecule has 4 nitrogen and oxygen atoms in total. The second-order valence-electron chi connectivity index (χ2n) is 5.29. The van der Waals surface area contributed by atoms with E-state index in [1.54, 1.807) is 7.11 Å². The lowest BCUT2D eigenvalue weighted by Crippen LogP contribution is -2.23. The van der Waals surface area contributed by atoms with Crippen molar-refractivity contribution in [3.05, 3.63) is 59.2 Å². The van der Waals surface area contributed by atoms with Crippen LogP contribution in [-0.2, 0) is 6.42 Å². The van der Waals surface area contributed by atoms with E-state index in [4.69, 9.17) is 10.5 Å². The third-order valence-electron chi connectivity index (χ3n) is 3.60. The summed E-state index contributed by atoms with van der Waals surface area (Å²) in [5, 5.41) is 3.12. The van der Waals surface area contributed by atoms with Crippen LogP contribution in [0.1, 0.15) is 16.7 Å². The molecule has 0 unspecified atom stereocenters. The highest BCUT2D eigenvalue weighted by molar-refractivity contribution is 5.92. The lowest BCUT2D eigenvalue weighted by Gasteiger charge is -2.08. The molecule has 0 saturated heterocycles. The Balaban J connectivity index is 1.90. The van der Waals surface area contributed by atoms with Gasteiger partial charge in [0, 0.05) is 12.2 Å². The number of anilines is 1. The Morgan fingerprint density at radius 2 is 1.95 bits per heavy atom. The number of guanidine groups is 1. The molecule has 0 atom stereocenters. The van der Waals surface area contributed by atoms with E-state index in [2.05, 4.69) is 42.4 Å². The smallest absolute Gasteiger partial charge is 0.193 e. The van der Waals surface area contributed by atoms with E-state index in [0.29, 0.717) is 12.5 Å². The van der Waals surface area contributed by atoms with Crippen molar-refractivity contribution in [2.75, 3.05) is 19.0 Å². The summed E-state index contributed by atoms with van der Waals surface area (Å²) in [5.74, 6) is 1.30. The fourth-order valence-corrected chi connectivity index (χ4v) is 2.14. The first-order valence-electron chi connectivity index (χ1n) is 7.35. The highest BCUT2D eigenvalue weighted by Crippen LogP contribution is 2.14. The Hall–Kier alpha value is -2.49. The van der Waals surface area contributed by atoms with Gasteiger partial charge in [-0.3, -0.25) is 4.99 Å². The number of methoxy groups -OCH3 is 1. The molecule has 0 spiro atoms. The van der Waals surface area contributed by atoms with E-state index in [0.717, 1.165) is 17.9 Å². The quantitative estimate of drug-likeness (QED) is 0.657. The van der Waals surface area contributed by atoms with Crippen LogP contribution in [0.3, 0.4) is 0 Å². The van der Waals surface area contributed by atoms with Crippen molar-refractivity contribution in [1.82, 2.24) is 0 Å². The maximum Gasteiger partial charge on any atom is 0.193 e. The fraction of sp³-hybridized carbons (Fsp3) is 0.278. The molecule has 4 heteroatoms. The van der Waals surface area contributed by atoms with Gasteiger partial charge in [0.05, 0.1) is 7.11 Å².